The third kappa shape index (κ3) is 7.32. The fraction of sp³-hybridized carbons (Fsp3) is 0.0244. The fourth-order valence-corrected chi connectivity index (χ4v) is 5.69. The van der Waals surface area contributed by atoms with E-state index in [1.54, 1.807) is 24.3 Å². The third-order valence-corrected chi connectivity index (χ3v) is 7.80. The summed E-state index contributed by atoms with van der Waals surface area (Å²) in [5.41, 5.74) is 3.52. The average Bonchev–Trinajstić information content (AvgIpc) is 3.67. The van der Waals surface area contributed by atoms with Crippen LogP contribution in [-0.4, -0.2) is 22.2 Å². The zero-order chi connectivity index (χ0) is 31.2. The van der Waals surface area contributed by atoms with Gasteiger partial charge in [0.15, 0.2) is 0 Å². The summed E-state index contributed by atoms with van der Waals surface area (Å²) in [5.74, 6) is -1.76. The Kier molecular flexibility index (Phi) is 10.2. The summed E-state index contributed by atoms with van der Waals surface area (Å²) in [4.78, 5) is 21.6. The molecule has 0 heterocycles. The smallest absolute Gasteiger partial charge is 0.478 e. The van der Waals surface area contributed by atoms with Crippen molar-refractivity contribution in [1.82, 2.24) is 0 Å². The van der Waals surface area contributed by atoms with Crippen molar-refractivity contribution in [3.8, 4) is 0 Å². The van der Waals surface area contributed by atoms with Gasteiger partial charge in [-0.05, 0) is 40.1 Å². The van der Waals surface area contributed by atoms with Gasteiger partial charge in [-0.3, -0.25) is 0 Å². The van der Waals surface area contributed by atoms with Gasteiger partial charge in [-0.25, -0.2) is 9.59 Å². The second-order valence-corrected chi connectivity index (χ2v) is 10.8. The molecule has 0 spiro atoms. The summed E-state index contributed by atoms with van der Waals surface area (Å²) >= 11 is 0. The van der Waals surface area contributed by atoms with E-state index >= 15 is 0 Å². The Morgan fingerprint density at radius 1 is 0.457 bits per heavy atom. The molecule has 5 heteroatoms. The van der Waals surface area contributed by atoms with E-state index in [2.05, 4.69) is 72.8 Å². The molecule has 2 N–H and O–H groups in total. The molecule has 222 valence electrons. The molecule has 0 saturated heterocycles. The Labute approximate surface area is 281 Å². The van der Waals surface area contributed by atoms with E-state index < -0.39 is 11.9 Å². The molecule has 0 atom stereocenters. The predicted molar refractivity (Wildman–Crippen MR) is 184 cm³/mol. The van der Waals surface area contributed by atoms with Gasteiger partial charge >= 0.3 is 33.7 Å². The van der Waals surface area contributed by atoms with Crippen LogP contribution in [0.4, 0.5) is 0 Å². The van der Waals surface area contributed by atoms with Gasteiger partial charge in [0.25, 0.3) is 0 Å². The molecular weight excluding hydrogens is 604 g/mol. The Morgan fingerprint density at radius 2 is 0.804 bits per heavy atom. The van der Waals surface area contributed by atoms with Crippen LogP contribution >= 0.6 is 0 Å². The molecule has 0 saturated carbocycles. The van der Waals surface area contributed by atoms with Crippen molar-refractivity contribution < 1.29 is 41.5 Å². The van der Waals surface area contributed by atoms with E-state index in [9.17, 15) is 9.59 Å². The zero-order valence-corrected chi connectivity index (χ0v) is 26.5. The van der Waals surface area contributed by atoms with E-state index in [4.69, 9.17) is 10.2 Å². The predicted octanol–water partition coefficient (Wildman–Crippen LogP) is 10.1. The summed E-state index contributed by atoms with van der Waals surface area (Å²) in [6.45, 7) is 0. The molecule has 8 rings (SSSR count). The molecule has 46 heavy (non-hydrogen) atoms. The van der Waals surface area contributed by atoms with Crippen molar-refractivity contribution in [2.24, 2.45) is 0 Å². The molecule has 0 aliphatic heterocycles. The van der Waals surface area contributed by atoms with Crippen LogP contribution < -0.4 is 0 Å². The summed E-state index contributed by atoms with van der Waals surface area (Å²) in [6, 6.07) is 51.8. The minimum absolute atomic E-state index is 0. The van der Waals surface area contributed by atoms with Crippen LogP contribution in [0.25, 0.3) is 43.1 Å². The first-order valence-corrected chi connectivity index (χ1v) is 14.7. The fourth-order valence-electron chi connectivity index (χ4n) is 5.69. The second-order valence-electron chi connectivity index (χ2n) is 10.8. The molecule has 0 aliphatic carbocycles. The Bertz CT molecular complexity index is 2040. The van der Waals surface area contributed by atoms with Crippen molar-refractivity contribution in [3.63, 3.8) is 0 Å². The monoisotopic (exact) mass is 634 g/mol. The summed E-state index contributed by atoms with van der Waals surface area (Å²) < 4.78 is 0. The average molecular weight is 635 g/mol. The summed E-state index contributed by atoms with van der Waals surface area (Å²) in [7, 11) is 0. The second kappa shape index (κ2) is 14.7. The van der Waals surface area contributed by atoms with E-state index in [1.165, 1.54) is 32.7 Å². The Morgan fingerprint density at radius 3 is 1.20 bits per heavy atom. The number of rotatable bonds is 4. The number of aromatic carboxylic acids is 2. The van der Waals surface area contributed by atoms with Crippen LogP contribution in [0, 0.1) is 0 Å². The Balaban J connectivity index is 0.000000139. The molecule has 0 unspecified atom stereocenters. The minimum Gasteiger partial charge on any atom is -0.478 e. The van der Waals surface area contributed by atoms with Gasteiger partial charge in [0.1, 0.15) is 0 Å². The van der Waals surface area contributed by atoms with Crippen molar-refractivity contribution in [3.05, 3.63) is 180 Å². The number of hydrogen-bond donors (Lipinski definition) is 2. The number of carboxylic acid groups (broad SMARTS) is 2. The standard InChI is InChI=1S/C19H14.2C11H8O2.Ti/c1-2-6-17-11-14(10-16(17)5-1)9-15-12-18-7-3-4-8-19(18)13-15;2*12-11(13)10-7-3-5-8-4-1-2-6-9(8)10;/h1-8,10-13H,9H2;2*1-7H,(H,12,13);/q-2;;;+2. The molecule has 0 bridgehead atoms. The summed E-state index contributed by atoms with van der Waals surface area (Å²) in [5, 5.41) is 26.6. The topological polar surface area (TPSA) is 74.6 Å². The van der Waals surface area contributed by atoms with Gasteiger partial charge in [0.05, 0.1) is 11.1 Å². The molecule has 0 fully saturated rings. The SMILES string of the molecule is O=C(O)c1cccc2ccccc12.O=C(O)c1cccc2ccccc12.[Ti+2].c1ccc2[cH-]c(Cc3cc4ccccc4[cH-]3)cc2c1. The maximum absolute atomic E-state index is 10.8. The van der Waals surface area contributed by atoms with Crippen LogP contribution in [0.5, 0.6) is 0 Å². The van der Waals surface area contributed by atoms with Gasteiger partial charge < -0.3 is 10.2 Å². The minimum atomic E-state index is -0.878. The maximum atomic E-state index is 10.8. The third-order valence-electron chi connectivity index (χ3n) is 7.80. The van der Waals surface area contributed by atoms with Crippen LogP contribution in [0.2, 0.25) is 0 Å². The molecular formula is C41H30O4Ti. The number of carboxylic acids is 2. The number of fused-ring (bicyclic) bond motifs is 4. The van der Waals surface area contributed by atoms with E-state index in [0.29, 0.717) is 11.1 Å². The van der Waals surface area contributed by atoms with Gasteiger partial charge in [0.2, 0.25) is 0 Å². The summed E-state index contributed by atoms with van der Waals surface area (Å²) in [6.07, 6.45) is 1.02. The zero-order valence-electron chi connectivity index (χ0n) is 24.9. The number of benzene rings is 6. The number of hydrogen-bond acceptors (Lipinski definition) is 2. The van der Waals surface area contributed by atoms with E-state index in [1.807, 2.05) is 60.7 Å². The first-order chi connectivity index (χ1) is 22.0. The first-order valence-electron chi connectivity index (χ1n) is 14.7. The van der Waals surface area contributed by atoms with Gasteiger partial charge in [0, 0.05) is 0 Å². The quantitative estimate of drug-likeness (QED) is 0.149. The van der Waals surface area contributed by atoms with Crippen LogP contribution in [0.3, 0.4) is 0 Å². The molecule has 4 nitrogen and oxygen atoms in total. The van der Waals surface area contributed by atoms with Gasteiger partial charge in [-0.1, -0.05) is 84.9 Å². The van der Waals surface area contributed by atoms with Crippen LogP contribution in [0.1, 0.15) is 31.8 Å². The van der Waals surface area contributed by atoms with Crippen molar-refractivity contribution in [2.45, 2.75) is 6.42 Å². The van der Waals surface area contributed by atoms with Gasteiger partial charge in [-0.15, -0.1) is 81.2 Å². The Hall–Kier alpha value is -5.29. The first kappa shape index (κ1) is 32.1. The molecule has 0 radical (unpaired) electrons. The van der Waals surface area contributed by atoms with Gasteiger partial charge in [-0.2, -0.15) is 12.1 Å². The van der Waals surface area contributed by atoms with Crippen LogP contribution in [0.15, 0.2) is 158 Å². The van der Waals surface area contributed by atoms with E-state index in [-0.39, 0.29) is 21.7 Å². The maximum Gasteiger partial charge on any atom is 2.00 e. The molecule has 8 aromatic rings. The molecule has 8 aromatic carbocycles. The number of carbonyl (C=O) groups is 2. The van der Waals surface area contributed by atoms with E-state index in [0.717, 1.165) is 28.0 Å². The van der Waals surface area contributed by atoms with Crippen LogP contribution in [-0.2, 0) is 28.1 Å². The van der Waals surface area contributed by atoms with Crippen molar-refractivity contribution >= 4 is 55.0 Å². The van der Waals surface area contributed by atoms with Crippen molar-refractivity contribution in [1.29, 1.82) is 0 Å². The normalized spacial score (nSPS) is 10.4. The molecule has 0 amide bonds. The molecule has 0 aliphatic rings. The van der Waals surface area contributed by atoms with Crippen molar-refractivity contribution in [2.75, 3.05) is 0 Å². The molecule has 0 aromatic heterocycles. The largest absolute Gasteiger partial charge is 2.00 e.